The van der Waals surface area contributed by atoms with Gasteiger partial charge in [0.05, 0.1) is 18.8 Å². The van der Waals surface area contributed by atoms with Crippen molar-refractivity contribution in [2.24, 2.45) is 0 Å². The standard InChI is InChI=1S/C16H24O4/c1-11(2)19-9-13(17)10-20-14-7-6-12-4-3-5-16(18)15(12)8-14/h6-8,11,13,16-18H,3-5,9-10H2,1-2H3. The molecule has 0 radical (unpaired) electrons. The summed E-state index contributed by atoms with van der Waals surface area (Å²) in [7, 11) is 0. The lowest BCUT2D eigenvalue weighted by Crippen LogP contribution is -2.25. The van der Waals surface area contributed by atoms with Crippen LogP contribution in [0.1, 0.15) is 43.9 Å². The van der Waals surface area contributed by atoms with Gasteiger partial charge in [-0.15, -0.1) is 0 Å². The van der Waals surface area contributed by atoms with Gasteiger partial charge >= 0.3 is 0 Å². The minimum atomic E-state index is -0.640. The van der Waals surface area contributed by atoms with Crippen LogP contribution in [-0.4, -0.2) is 35.6 Å². The molecule has 1 aromatic rings. The normalized spacial score (nSPS) is 19.8. The first-order valence-electron chi connectivity index (χ1n) is 7.29. The average molecular weight is 280 g/mol. The molecule has 4 nitrogen and oxygen atoms in total. The summed E-state index contributed by atoms with van der Waals surface area (Å²) in [6.45, 7) is 4.32. The predicted octanol–water partition coefficient (Wildman–Crippen LogP) is 2.22. The molecule has 2 N–H and O–H groups in total. The van der Waals surface area contributed by atoms with E-state index in [0.717, 1.165) is 24.8 Å². The van der Waals surface area contributed by atoms with Gasteiger partial charge < -0.3 is 19.7 Å². The van der Waals surface area contributed by atoms with E-state index in [4.69, 9.17) is 9.47 Å². The molecule has 2 unspecified atom stereocenters. The minimum Gasteiger partial charge on any atom is -0.491 e. The topological polar surface area (TPSA) is 58.9 Å². The van der Waals surface area contributed by atoms with Crippen LogP contribution in [0.2, 0.25) is 0 Å². The van der Waals surface area contributed by atoms with Crippen LogP contribution in [0.25, 0.3) is 0 Å². The molecule has 112 valence electrons. The van der Waals surface area contributed by atoms with Crippen LogP contribution in [0.4, 0.5) is 0 Å². The van der Waals surface area contributed by atoms with Crippen LogP contribution in [-0.2, 0) is 11.2 Å². The first-order chi connectivity index (χ1) is 9.56. The van der Waals surface area contributed by atoms with Gasteiger partial charge in [0.1, 0.15) is 18.5 Å². The van der Waals surface area contributed by atoms with Gasteiger partial charge in [-0.1, -0.05) is 6.07 Å². The van der Waals surface area contributed by atoms with E-state index in [1.165, 1.54) is 5.56 Å². The third-order valence-electron chi connectivity index (χ3n) is 3.46. The Morgan fingerprint density at radius 1 is 1.30 bits per heavy atom. The van der Waals surface area contributed by atoms with E-state index in [2.05, 4.69) is 0 Å². The van der Waals surface area contributed by atoms with Gasteiger partial charge in [-0.3, -0.25) is 0 Å². The minimum absolute atomic E-state index is 0.101. The number of hydrogen-bond donors (Lipinski definition) is 2. The molecule has 0 aromatic heterocycles. The highest BCUT2D eigenvalue weighted by Gasteiger charge is 2.18. The number of aliphatic hydroxyl groups is 2. The van der Waals surface area contributed by atoms with Crippen LogP contribution < -0.4 is 4.74 Å². The average Bonchev–Trinajstić information content (AvgIpc) is 2.43. The number of benzene rings is 1. The van der Waals surface area contributed by atoms with E-state index in [1.807, 2.05) is 32.0 Å². The van der Waals surface area contributed by atoms with Crippen molar-refractivity contribution in [3.8, 4) is 5.75 Å². The van der Waals surface area contributed by atoms with Crippen LogP contribution in [0, 0.1) is 0 Å². The van der Waals surface area contributed by atoms with Crippen LogP contribution in [0.5, 0.6) is 5.75 Å². The number of rotatable bonds is 6. The highest BCUT2D eigenvalue weighted by atomic mass is 16.5. The van der Waals surface area contributed by atoms with Crippen LogP contribution in [0.15, 0.2) is 18.2 Å². The highest BCUT2D eigenvalue weighted by Crippen LogP contribution is 2.32. The van der Waals surface area contributed by atoms with Crippen molar-refractivity contribution < 1.29 is 19.7 Å². The Morgan fingerprint density at radius 2 is 2.10 bits per heavy atom. The van der Waals surface area contributed by atoms with E-state index < -0.39 is 12.2 Å². The maximum Gasteiger partial charge on any atom is 0.119 e. The monoisotopic (exact) mass is 280 g/mol. The molecule has 2 rings (SSSR count). The Hall–Kier alpha value is -1.10. The summed E-state index contributed by atoms with van der Waals surface area (Å²) >= 11 is 0. The third kappa shape index (κ3) is 4.20. The zero-order valence-electron chi connectivity index (χ0n) is 12.2. The first-order valence-corrected chi connectivity index (χ1v) is 7.29. The van der Waals surface area contributed by atoms with Gasteiger partial charge in [0.15, 0.2) is 0 Å². The predicted molar refractivity (Wildman–Crippen MR) is 76.9 cm³/mol. The fourth-order valence-electron chi connectivity index (χ4n) is 2.39. The summed E-state index contributed by atoms with van der Waals surface area (Å²) in [5.41, 5.74) is 2.15. The SMILES string of the molecule is CC(C)OCC(O)COc1ccc2c(c1)C(O)CCC2. The Morgan fingerprint density at radius 3 is 2.85 bits per heavy atom. The molecule has 0 fully saturated rings. The molecule has 0 saturated carbocycles. The lowest BCUT2D eigenvalue weighted by Gasteiger charge is -2.22. The van der Waals surface area contributed by atoms with Gasteiger partial charge in [0.2, 0.25) is 0 Å². The molecule has 0 bridgehead atoms. The lowest BCUT2D eigenvalue weighted by molar-refractivity contribution is -0.0123. The maximum absolute atomic E-state index is 9.98. The Labute approximate surface area is 120 Å². The summed E-state index contributed by atoms with van der Waals surface area (Å²) in [5.74, 6) is 0.688. The number of aliphatic hydroxyl groups excluding tert-OH is 2. The second-order valence-electron chi connectivity index (χ2n) is 5.62. The molecule has 0 saturated heterocycles. The van der Waals surface area contributed by atoms with Crippen molar-refractivity contribution >= 4 is 0 Å². The van der Waals surface area contributed by atoms with Crippen molar-refractivity contribution in [3.05, 3.63) is 29.3 Å². The van der Waals surface area contributed by atoms with E-state index >= 15 is 0 Å². The summed E-state index contributed by atoms with van der Waals surface area (Å²) < 4.78 is 10.9. The molecule has 0 aliphatic heterocycles. The van der Waals surface area contributed by atoms with Gasteiger partial charge in [-0.05, 0) is 56.4 Å². The molecule has 0 spiro atoms. The molecule has 2 atom stereocenters. The largest absolute Gasteiger partial charge is 0.491 e. The second-order valence-corrected chi connectivity index (χ2v) is 5.62. The van der Waals surface area contributed by atoms with Crippen molar-refractivity contribution in [2.45, 2.75) is 51.4 Å². The zero-order chi connectivity index (χ0) is 14.5. The summed E-state index contributed by atoms with van der Waals surface area (Å²) in [6, 6.07) is 5.78. The van der Waals surface area contributed by atoms with Gasteiger partial charge in [0, 0.05) is 0 Å². The number of ether oxygens (including phenoxy) is 2. The van der Waals surface area contributed by atoms with E-state index in [0.29, 0.717) is 5.75 Å². The van der Waals surface area contributed by atoms with Crippen LogP contribution in [0.3, 0.4) is 0 Å². The fraction of sp³-hybridized carbons (Fsp3) is 0.625. The summed E-state index contributed by atoms with van der Waals surface area (Å²) in [6.07, 6.45) is 1.91. The summed E-state index contributed by atoms with van der Waals surface area (Å²) in [5, 5.41) is 19.7. The van der Waals surface area contributed by atoms with E-state index in [1.54, 1.807) is 0 Å². The van der Waals surface area contributed by atoms with Crippen LogP contribution >= 0.6 is 0 Å². The van der Waals surface area contributed by atoms with Crippen molar-refractivity contribution in [1.82, 2.24) is 0 Å². The molecule has 0 amide bonds. The molecule has 0 heterocycles. The Bertz CT molecular complexity index is 430. The van der Waals surface area contributed by atoms with Crippen molar-refractivity contribution in [2.75, 3.05) is 13.2 Å². The molecule has 1 aliphatic carbocycles. The fourth-order valence-corrected chi connectivity index (χ4v) is 2.39. The lowest BCUT2D eigenvalue weighted by atomic mass is 9.89. The van der Waals surface area contributed by atoms with Gasteiger partial charge in [0.25, 0.3) is 0 Å². The quantitative estimate of drug-likeness (QED) is 0.839. The van der Waals surface area contributed by atoms with Crippen molar-refractivity contribution in [3.63, 3.8) is 0 Å². The molecule has 1 aliphatic rings. The van der Waals surface area contributed by atoms with E-state index in [9.17, 15) is 10.2 Å². The van der Waals surface area contributed by atoms with Gasteiger partial charge in [-0.25, -0.2) is 0 Å². The Balaban J connectivity index is 1.89. The maximum atomic E-state index is 9.98. The third-order valence-corrected chi connectivity index (χ3v) is 3.46. The molecular formula is C16H24O4. The van der Waals surface area contributed by atoms with Gasteiger partial charge in [-0.2, -0.15) is 0 Å². The molecule has 1 aromatic carbocycles. The van der Waals surface area contributed by atoms with E-state index in [-0.39, 0.29) is 19.3 Å². The molecule has 4 heteroatoms. The zero-order valence-corrected chi connectivity index (χ0v) is 12.2. The van der Waals surface area contributed by atoms with Crippen molar-refractivity contribution in [1.29, 1.82) is 0 Å². The first kappa shape index (κ1) is 15.3. The number of fused-ring (bicyclic) bond motifs is 1. The Kier molecular flexibility index (Phi) is 5.40. The smallest absolute Gasteiger partial charge is 0.119 e. The summed E-state index contributed by atoms with van der Waals surface area (Å²) in [4.78, 5) is 0. The highest BCUT2D eigenvalue weighted by molar-refractivity contribution is 5.38. The second kappa shape index (κ2) is 7.07. The number of aryl methyl sites for hydroxylation is 1. The molecule has 20 heavy (non-hydrogen) atoms. The molecular weight excluding hydrogens is 256 g/mol. The number of hydrogen-bond acceptors (Lipinski definition) is 4.